The Hall–Kier alpha value is -3.28. The van der Waals surface area contributed by atoms with Crippen molar-refractivity contribution in [3.05, 3.63) is 46.3 Å². The smallest absolute Gasteiger partial charge is 0.349 e. The van der Waals surface area contributed by atoms with Crippen LogP contribution < -0.4 is 30.4 Å². The minimum Gasteiger partial charge on any atom is -0.481 e. The zero-order chi connectivity index (χ0) is 23.5. The summed E-state index contributed by atoms with van der Waals surface area (Å²) < 4.78 is 21.7. The maximum absolute atomic E-state index is 12.3. The van der Waals surface area contributed by atoms with Crippen molar-refractivity contribution in [2.75, 3.05) is 19.2 Å². The minimum absolute atomic E-state index is 0.155. The lowest BCUT2D eigenvalue weighted by molar-refractivity contribution is -0.127. The molecule has 0 fully saturated rings. The predicted octanol–water partition coefficient (Wildman–Crippen LogP) is 3.86. The molecule has 2 heterocycles. The number of halogens is 1. The molecule has 0 bridgehead atoms. The molecule has 0 radical (unpaired) electrons. The van der Waals surface area contributed by atoms with Crippen LogP contribution in [0.1, 0.15) is 16.6 Å². The molecule has 3 N–H and O–H groups in total. The van der Waals surface area contributed by atoms with Crippen LogP contribution in [0.5, 0.6) is 17.2 Å². The Morgan fingerprint density at radius 3 is 2.73 bits per heavy atom. The molecule has 0 spiro atoms. The number of hydrogen-bond acceptors (Lipinski definition) is 8. The number of fused-ring (bicyclic) bond motifs is 2. The zero-order valence-electron chi connectivity index (χ0n) is 17.4. The highest BCUT2D eigenvalue weighted by molar-refractivity contribution is 7.80. The van der Waals surface area contributed by atoms with Crippen LogP contribution >= 0.6 is 35.2 Å². The number of carbonyl (C=O) groups is 2. The summed E-state index contributed by atoms with van der Waals surface area (Å²) in [5.41, 5.74) is 5.77. The number of anilines is 1. The number of nitrogens with one attached hydrogen (secondary N) is 3. The van der Waals surface area contributed by atoms with Gasteiger partial charge in [-0.15, -0.1) is 11.3 Å². The number of amides is 1. The third kappa shape index (κ3) is 5.05. The quantitative estimate of drug-likeness (QED) is 0.269. The van der Waals surface area contributed by atoms with E-state index in [1.807, 2.05) is 0 Å². The molecule has 9 nitrogen and oxygen atoms in total. The maximum Gasteiger partial charge on any atom is 0.349 e. The van der Waals surface area contributed by atoms with E-state index in [9.17, 15) is 9.59 Å². The fourth-order valence-electron chi connectivity index (χ4n) is 2.96. The van der Waals surface area contributed by atoms with Crippen LogP contribution in [0.3, 0.4) is 0 Å². The summed E-state index contributed by atoms with van der Waals surface area (Å²) in [6.07, 6.45) is -0.804. The first-order valence-electron chi connectivity index (χ1n) is 9.59. The average Bonchev–Trinajstić information content (AvgIpc) is 3.40. The number of thiophene rings is 1. The Bertz CT molecular complexity index is 1250. The molecule has 12 heteroatoms. The summed E-state index contributed by atoms with van der Waals surface area (Å²) in [5.74, 6) is 0.734. The molecule has 1 aliphatic rings. The van der Waals surface area contributed by atoms with Crippen LogP contribution in [0.15, 0.2) is 36.4 Å². The second-order valence-electron chi connectivity index (χ2n) is 6.79. The highest BCUT2D eigenvalue weighted by Gasteiger charge is 2.19. The van der Waals surface area contributed by atoms with Gasteiger partial charge >= 0.3 is 5.97 Å². The van der Waals surface area contributed by atoms with Crippen molar-refractivity contribution in [2.45, 2.75) is 13.0 Å². The number of hydrazine groups is 1. The SMILES string of the molecule is COC(=O)c1sc2cc(NC(=S)NNC(=O)C(C)Oc3ccc4c(c3)OCO4)ccc2c1Cl. The summed E-state index contributed by atoms with van der Waals surface area (Å²) >= 11 is 12.7. The van der Waals surface area contributed by atoms with Gasteiger partial charge in [0.25, 0.3) is 5.91 Å². The molecule has 1 aliphatic heterocycles. The van der Waals surface area contributed by atoms with E-state index in [1.54, 1.807) is 43.3 Å². The van der Waals surface area contributed by atoms with Gasteiger partial charge in [-0.2, -0.15) is 0 Å². The number of thiocarbonyl (C=S) groups is 1. The molecular formula is C21H18ClN3O6S2. The molecule has 1 atom stereocenters. The summed E-state index contributed by atoms with van der Waals surface area (Å²) in [5, 5.41) is 4.20. The van der Waals surface area contributed by atoms with Gasteiger partial charge in [0.15, 0.2) is 22.7 Å². The number of hydrogen-bond donors (Lipinski definition) is 3. The topological polar surface area (TPSA) is 107 Å². The van der Waals surface area contributed by atoms with Gasteiger partial charge in [-0.25, -0.2) is 4.79 Å². The number of methoxy groups -OCH3 is 1. The van der Waals surface area contributed by atoms with Crippen molar-refractivity contribution in [1.82, 2.24) is 10.9 Å². The molecule has 1 unspecified atom stereocenters. The van der Waals surface area contributed by atoms with E-state index in [4.69, 9.17) is 42.8 Å². The molecule has 0 saturated carbocycles. The van der Waals surface area contributed by atoms with E-state index in [0.29, 0.717) is 32.8 Å². The van der Waals surface area contributed by atoms with Crippen molar-refractivity contribution in [1.29, 1.82) is 0 Å². The molecular weight excluding hydrogens is 490 g/mol. The second-order valence-corrected chi connectivity index (χ2v) is 8.63. The first-order valence-corrected chi connectivity index (χ1v) is 11.2. The van der Waals surface area contributed by atoms with Crippen molar-refractivity contribution >= 4 is 67.9 Å². The van der Waals surface area contributed by atoms with Crippen LogP contribution in [-0.4, -0.2) is 37.0 Å². The van der Waals surface area contributed by atoms with Gasteiger partial charge in [0, 0.05) is 21.8 Å². The first-order chi connectivity index (χ1) is 15.9. The second kappa shape index (κ2) is 9.69. The van der Waals surface area contributed by atoms with Gasteiger partial charge in [-0.3, -0.25) is 15.6 Å². The number of esters is 1. The van der Waals surface area contributed by atoms with Gasteiger partial charge < -0.3 is 24.3 Å². The van der Waals surface area contributed by atoms with E-state index in [1.165, 1.54) is 18.4 Å². The predicted molar refractivity (Wildman–Crippen MR) is 128 cm³/mol. The molecule has 3 aromatic rings. The van der Waals surface area contributed by atoms with E-state index in [-0.39, 0.29) is 11.9 Å². The van der Waals surface area contributed by atoms with Gasteiger partial charge in [0.2, 0.25) is 6.79 Å². The lowest BCUT2D eigenvalue weighted by Crippen LogP contribution is -2.48. The van der Waals surface area contributed by atoms with Crippen LogP contribution in [0.2, 0.25) is 5.02 Å². The normalized spacial score (nSPS) is 12.7. The van der Waals surface area contributed by atoms with Crippen LogP contribution in [0.25, 0.3) is 10.1 Å². The summed E-state index contributed by atoms with van der Waals surface area (Å²) in [6.45, 7) is 1.76. The number of ether oxygens (including phenoxy) is 4. The molecule has 1 amide bonds. The molecule has 33 heavy (non-hydrogen) atoms. The average molecular weight is 508 g/mol. The minimum atomic E-state index is -0.804. The molecule has 172 valence electrons. The van der Waals surface area contributed by atoms with Crippen molar-refractivity contribution in [3.8, 4) is 17.2 Å². The molecule has 1 aromatic heterocycles. The monoisotopic (exact) mass is 507 g/mol. The van der Waals surface area contributed by atoms with Gasteiger partial charge in [-0.05, 0) is 49.5 Å². The molecule has 0 aliphatic carbocycles. The van der Waals surface area contributed by atoms with E-state index in [0.717, 1.165) is 10.1 Å². The van der Waals surface area contributed by atoms with E-state index >= 15 is 0 Å². The lowest BCUT2D eigenvalue weighted by Gasteiger charge is -2.16. The standard InChI is InChI=1S/C21H18ClN3O6S2/c1-10(31-12-4-6-14-15(8-12)30-9-29-14)19(26)24-25-21(32)23-11-3-5-13-16(7-11)33-18(17(13)22)20(27)28-2/h3-8,10H,9H2,1-2H3,(H,24,26)(H2,23,25,32). The Balaban J connectivity index is 1.31. The Morgan fingerprint density at radius 1 is 1.15 bits per heavy atom. The largest absolute Gasteiger partial charge is 0.481 e. The fraction of sp³-hybridized carbons (Fsp3) is 0.190. The van der Waals surface area contributed by atoms with Gasteiger partial charge in [0.05, 0.1) is 12.1 Å². The zero-order valence-corrected chi connectivity index (χ0v) is 19.8. The van der Waals surface area contributed by atoms with Crippen molar-refractivity contribution in [3.63, 3.8) is 0 Å². The highest BCUT2D eigenvalue weighted by atomic mass is 35.5. The van der Waals surface area contributed by atoms with Crippen molar-refractivity contribution < 1.29 is 28.5 Å². The molecule has 2 aromatic carbocycles. The third-order valence-corrected chi connectivity index (χ3v) is 6.42. The Morgan fingerprint density at radius 2 is 1.94 bits per heavy atom. The van der Waals surface area contributed by atoms with Crippen molar-refractivity contribution in [2.24, 2.45) is 0 Å². The summed E-state index contributed by atoms with van der Waals surface area (Å²) in [6, 6.07) is 10.4. The molecule has 0 saturated heterocycles. The van der Waals surface area contributed by atoms with Crippen LogP contribution in [0.4, 0.5) is 5.69 Å². The third-order valence-electron chi connectivity index (χ3n) is 4.58. The van der Waals surface area contributed by atoms with Crippen LogP contribution in [0, 0.1) is 0 Å². The van der Waals surface area contributed by atoms with Gasteiger partial charge in [-0.1, -0.05) is 11.6 Å². The number of rotatable bonds is 5. The molecule has 4 rings (SSSR count). The lowest BCUT2D eigenvalue weighted by atomic mass is 10.2. The maximum atomic E-state index is 12.3. The first kappa shape index (κ1) is 22.9. The Kier molecular flexibility index (Phi) is 6.72. The summed E-state index contributed by atoms with van der Waals surface area (Å²) in [7, 11) is 1.30. The highest BCUT2D eigenvalue weighted by Crippen LogP contribution is 2.37. The van der Waals surface area contributed by atoms with E-state index in [2.05, 4.69) is 16.2 Å². The van der Waals surface area contributed by atoms with E-state index < -0.39 is 18.0 Å². The number of benzene rings is 2. The Labute approximate surface area is 202 Å². The summed E-state index contributed by atoms with van der Waals surface area (Å²) in [4.78, 5) is 24.5. The fourth-order valence-corrected chi connectivity index (χ4v) is 4.59. The van der Waals surface area contributed by atoms with Crippen LogP contribution in [-0.2, 0) is 9.53 Å². The number of carbonyl (C=O) groups excluding carboxylic acids is 2. The van der Waals surface area contributed by atoms with Gasteiger partial charge in [0.1, 0.15) is 10.6 Å².